The van der Waals surface area contributed by atoms with Gasteiger partial charge in [-0.3, -0.25) is 0 Å². The number of fused-ring (bicyclic) bond motifs is 6. The van der Waals surface area contributed by atoms with Crippen molar-refractivity contribution in [2.45, 2.75) is 0 Å². The van der Waals surface area contributed by atoms with Gasteiger partial charge in [-0.25, -0.2) is 9.97 Å². The third-order valence-electron chi connectivity index (χ3n) is 7.11. The number of hydrogen-bond acceptors (Lipinski definition) is 4. The highest BCUT2D eigenvalue weighted by Crippen LogP contribution is 2.40. The topological polar surface area (TPSA) is 52.1 Å². The maximum absolute atomic E-state index is 6.36. The van der Waals surface area contributed by atoms with Crippen molar-refractivity contribution in [1.82, 2.24) is 9.97 Å². The van der Waals surface area contributed by atoms with Crippen molar-refractivity contribution in [2.75, 3.05) is 0 Å². The van der Waals surface area contributed by atoms with E-state index < -0.39 is 0 Å². The van der Waals surface area contributed by atoms with Crippen LogP contribution < -0.4 is 0 Å². The molecule has 0 saturated heterocycles. The van der Waals surface area contributed by atoms with E-state index in [2.05, 4.69) is 48.5 Å². The molecule has 8 aromatic rings. The van der Waals surface area contributed by atoms with Crippen LogP contribution in [0, 0.1) is 0 Å². The van der Waals surface area contributed by atoms with E-state index >= 15 is 0 Å². The first kappa shape index (κ1) is 20.9. The summed E-state index contributed by atoms with van der Waals surface area (Å²) in [5.41, 5.74) is 8.91. The van der Waals surface area contributed by atoms with E-state index in [0.29, 0.717) is 11.4 Å². The summed E-state index contributed by atoms with van der Waals surface area (Å²) in [4.78, 5) is 10.2. The summed E-state index contributed by atoms with van der Waals surface area (Å²) in [7, 11) is 0. The van der Waals surface area contributed by atoms with Crippen molar-refractivity contribution < 1.29 is 8.83 Å². The minimum Gasteiger partial charge on any atom is -0.456 e. The van der Waals surface area contributed by atoms with E-state index in [1.165, 1.54) is 0 Å². The van der Waals surface area contributed by atoms with Crippen molar-refractivity contribution >= 4 is 44.0 Å². The van der Waals surface area contributed by atoms with Crippen LogP contribution in [0.1, 0.15) is 0 Å². The highest BCUT2D eigenvalue weighted by atomic mass is 16.3. The molecule has 0 N–H and O–H groups in total. The van der Waals surface area contributed by atoms with Gasteiger partial charge in [0.1, 0.15) is 28.0 Å². The van der Waals surface area contributed by atoms with Crippen LogP contribution in [0.2, 0.25) is 0 Å². The predicted molar refractivity (Wildman–Crippen MR) is 153 cm³/mol. The van der Waals surface area contributed by atoms with E-state index in [-0.39, 0.29) is 0 Å². The van der Waals surface area contributed by atoms with Gasteiger partial charge < -0.3 is 8.83 Å². The second-order valence-corrected chi connectivity index (χ2v) is 9.40. The van der Waals surface area contributed by atoms with Gasteiger partial charge in [-0.05, 0) is 41.5 Å². The number of aromatic nitrogens is 2. The molecule has 0 aliphatic carbocycles. The van der Waals surface area contributed by atoms with Crippen molar-refractivity contribution in [1.29, 1.82) is 0 Å². The number of furan rings is 2. The van der Waals surface area contributed by atoms with Crippen molar-refractivity contribution in [3.8, 4) is 33.8 Å². The lowest BCUT2D eigenvalue weighted by Gasteiger charge is -2.07. The molecule has 0 fully saturated rings. The normalized spacial score (nSPS) is 11.7. The molecule has 38 heavy (non-hydrogen) atoms. The highest BCUT2D eigenvalue weighted by molar-refractivity contribution is 6.13. The molecule has 0 aliphatic rings. The minimum absolute atomic E-state index is 0.642. The maximum Gasteiger partial charge on any atom is 0.180 e. The molecule has 0 radical (unpaired) electrons. The van der Waals surface area contributed by atoms with Crippen LogP contribution >= 0.6 is 0 Å². The quantitative estimate of drug-likeness (QED) is 0.249. The molecule has 0 amide bonds. The zero-order valence-corrected chi connectivity index (χ0v) is 20.3. The average molecular weight is 489 g/mol. The lowest BCUT2D eigenvalue weighted by Crippen LogP contribution is -1.94. The van der Waals surface area contributed by atoms with Gasteiger partial charge in [0.15, 0.2) is 11.4 Å². The Hall–Kier alpha value is -5.22. The summed E-state index contributed by atoms with van der Waals surface area (Å²) in [5, 5.41) is 3.02. The fraction of sp³-hybridized carbons (Fsp3) is 0. The van der Waals surface area contributed by atoms with Gasteiger partial charge in [-0.1, -0.05) is 91.0 Å². The van der Waals surface area contributed by atoms with E-state index in [9.17, 15) is 0 Å². The molecule has 4 nitrogen and oxygen atoms in total. The highest BCUT2D eigenvalue weighted by Gasteiger charge is 2.20. The largest absolute Gasteiger partial charge is 0.456 e. The molecule has 8 rings (SSSR count). The van der Waals surface area contributed by atoms with Crippen LogP contribution in [0.25, 0.3) is 77.8 Å². The number of benzene rings is 5. The smallest absolute Gasteiger partial charge is 0.180 e. The summed E-state index contributed by atoms with van der Waals surface area (Å²) in [6.07, 6.45) is 0. The molecule has 0 bridgehead atoms. The Balaban J connectivity index is 1.41. The molecule has 0 atom stereocenters. The molecular formula is C34H20N2O2. The van der Waals surface area contributed by atoms with E-state index in [1.807, 2.05) is 72.8 Å². The minimum atomic E-state index is 0.642. The molecule has 178 valence electrons. The monoisotopic (exact) mass is 488 g/mol. The molecular weight excluding hydrogens is 468 g/mol. The van der Waals surface area contributed by atoms with Crippen LogP contribution in [0.3, 0.4) is 0 Å². The fourth-order valence-corrected chi connectivity index (χ4v) is 5.33. The standard InChI is InChI=1S/C34H20N2O2/c1-3-10-21(11-4-1)23-18-19-24-29(20-23)37-28-17-9-15-26(30(24)28)34-35-31(22-12-5-2-6-13-22)33-32(36-34)25-14-7-8-16-27(25)38-33/h1-20H. The first-order valence-corrected chi connectivity index (χ1v) is 12.6. The number of hydrogen-bond donors (Lipinski definition) is 0. The van der Waals surface area contributed by atoms with Gasteiger partial charge in [-0.15, -0.1) is 0 Å². The third kappa shape index (κ3) is 3.17. The van der Waals surface area contributed by atoms with Crippen LogP contribution in [0.4, 0.5) is 0 Å². The average Bonchev–Trinajstić information content (AvgIpc) is 3.55. The van der Waals surface area contributed by atoms with Gasteiger partial charge in [0.25, 0.3) is 0 Å². The summed E-state index contributed by atoms with van der Waals surface area (Å²) in [6, 6.07) is 41.0. The van der Waals surface area contributed by atoms with Crippen molar-refractivity contribution in [2.24, 2.45) is 0 Å². The maximum atomic E-state index is 6.36. The Labute approximate surface area is 217 Å². The Morgan fingerprint density at radius 2 is 1.21 bits per heavy atom. The van der Waals surface area contributed by atoms with Crippen LogP contribution in [0.5, 0.6) is 0 Å². The molecule has 0 spiro atoms. The first-order valence-electron chi connectivity index (χ1n) is 12.6. The second-order valence-electron chi connectivity index (χ2n) is 9.40. The second kappa shape index (κ2) is 8.15. The number of nitrogens with zero attached hydrogens (tertiary/aromatic N) is 2. The molecule has 0 saturated carbocycles. The third-order valence-corrected chi connectivity index (χ3v) is 7.11. The molecule has 3 heterocycles. The number of rotatable bonds is 3. The summed E-state index contributed by atoms with van der Waals surface area (Å²) < 4.78 is 12.6. The van der Waals surface area contributed by atoms with Gasteiger partial charge in [-0.2, -0.15) is 0 Å². The van der Waals surface area contributed by atoms with E-state index in [1.54, 1.807) is 0 Å². The Morgan fingerprint density at radius 3 is 2.05 bits per heavy atom. The summed E-state index contributed by atoms with van der Waals surface area (Å²) in [6.45, 7) is 0. The van der Waals surface area contributed by atoms with Crippen molar-refractivity contribution in [3.05, 3.63) is 121 Å². The zero-order chi connectivity index (χ0) is 25.1. The first-order chi connectivity index (χ1) is 18.8. The van der Waals surface area contributed by atoms with Crippen LogP contribution in [-0.2, 0) is 0 Å². The lowest BCUT2D eigenvalue weighted by molar-refractivity contribution is 0.667. The van der Waals surface area contributed by atoms with Crippen LogP contribution in [0.15, 0.2) is 130 Å². The Kier molecular flexibility index (Phi) is 4.49. The van der Waals surface area contributed by atoms with Crippen LogP contribution in [-0.4, -0.2) is 9.97 Å². The molecule has 5 aromatic carbocycles. The Morgan fingerprint density at radius 1 is 0.474 bits per heavy atom. The zero-order valence-electron chi connectivity index (χ0n) is 20.3. The van der Waals surface area contributed by atoms with Gasteiger partial charge in [0, 0.05) is 27.3 Å². The van der Waals surface area contributed by atoms with E-state index in [0.717, 1.165) is 66.4 Å². The Bertz CT molecular complexity index is 2120. The SMILES string of the molecule is c1ccc(-c2ccc3c(c2)oc2cccc(-c4nc(-c5ccccc5)c5oc6ccccc6c5n4)c23)cc1. The predicted octanol–water partition coefficient (Wildman–Crippen LogP) is 9.28. The number of para-hydroxylation sites is 1. The molecule has 0 aliphatic heterocycles. The summed E-state index contributed by atoms with van der Waals surface area (Å²) >= 11 is 0. The fourth-order valence-electron chi connectivity index (χ4n) is 5.33. The molecule has 0 unspecified atom stereocenters. The van der Waals surface area contributed by atoms with Gasteiger partial charge >= 0.3 is 0 Å². The molecule has 3 aromatic heterocycles. The lowest BCUT2D eigenvalue weighted by atomic mass is 10.0. The van der Waals surface area contributed by atoms with E-state index in [4.69, 9.17) is 18.8 Å². The molecule has 4 heteroatoms. The summed E-state index contributed by atoms with van der Waals surface area (Å²) in [5.74, 6) is 0.642. The van der Waals surface area contributed by atoms with Crippen molar-refractivity contribution in [3.63, 3.8) is 0 Å². The van der Waals surface area contributed by atoms with Gasteiger partial charge in [0.2, 0.25) is 0 Å². The van der Waals surface area contributed by atoms with Gasteiger partial charge in [0.05, 0.1) is 0 Å².